The Balaban J connectivity index is 1.94. The number of hydrogen-bond acceptors (Lipinski definition) is 3. The van der Waals surface area contributed by atoms with Crippen LogP contribution < -0.4 is 10.5 Å². The van der Waals surface area contributed by atoms with Crippen LogP contribution >= 0.6 is 15.9 Å². The van der Waals surface area contributed by atoms with E-state index in [1.165, 1.54) is 19.3 Å². The van der Waals surface area contributed by atoms with Gasteiger partial charge in [-0.25, -0.2) is 0 Å². The Morgan fingerprint density at radius 3 is 2.83 bits per heavy atom. The molecule has 1 aliphatic rings. The van der Waals surface area contributed by atoms with E-state index in [0.29, 0.717) is 17.4 Å². The van der Waals surface area contributed by atoms with Crippen LogP contribution in [0, 0.1) is 23.2 Å². The van der Waals surface area contributed by atoms with E-state index in [4.69, 9.17) is 15.7 Å². The fourth-order valence-corrected chi connectivity index (χ4v) is 2.97. The molecular formula is C14H17BrN2O. The summed E-state index contributed by atoms with van der Waals surface area (Å²) in [4.78, 5) is 0. The first-order chi connectivity index (χ1) is 8.74. The molecule has 3 nitrogen and oxygen atoms in total. The largest absolute Gasteiger partial charge is 0.493 e. The van der Waals surface area contributed by atoms with Crippen molar-refractivity contribution in [3.05, 3.63) is 28.2 Å². The fourth-order valence-electron chi connectivity index (χ4n) is 2.52. The van der Waals surface area contributed by atoms with E-state index in [2.05, 4.69) is 22.0 Å². The minimum atomic E-state index is 0.574. The van der Waals surface area contributed by atoms with E-state index < -0.39 is 0 Å². The van der Waals surface area contributed by atoms with Crippen LogP contribution in [-0.4, -0.2) is 13.2 Å². The Kier molecular flexibility index (Phi) is 4.62. The summed E-state index contributed by atoms with van der Waals surface area (Å²) in [7, 11) is 0. The molecule has 0 spiro atoms. The van der Waals surface area contributed by atoms with Crippen LogP contribution in [0.25, 0.3) is 0 Å². The average Bonchev–Trinajstić information content (AvgIpc) is 2.84. The van der Waals surface area contributed by atoms with Crippen molar-refractivity contribution in [2.75, 3.05) is 13.2 Å². The quantitative estimate of drug-likeness (QED) is 0.930. The van der Waals surface area contributed by atoms with Crippen molar-refractivity contribution in [3.63, 3.8) is 0 Å². The second-order valence-electron chi connectivity index (χ2n) is 4.75. The molecule has 0 heterocycles. The van der Waals surface area contributed by atoms with Gasteiger partial charge in [0, 0.05) is 4.47 Å². The second-order valence-corrected chi connectivity index (χ2v) is 5.61. The summed E-state index contributed by atoms with van der Waals surface area (Å²) in [6, 6.07) is 7.58. The van der Waals surface area contributed by atoms with Crippen molar-refractivity contribution in [2.45, 2.75) is 19.3 Å². The molecule has 0 aromatic heterocycles. The molecule has 0 amide bonds. The van der Waals surface area contributed by atoms with Gasteiger partial charge < -0.3 is 10.5 Å². The van der Waals surface area contributed by atoms with Gasteiger partial charge in [-0.2, -0.15) is 5.26 Å². The first-order valence-corrected chi connectivity index (χ1v) is 7.06. The molecule has 0 aliphatic heterocycles. The number of nitrogens with zero attached hydrogens (tertiary/aromatic N) is 1. The lowest BCUT2D eigenvalue weighted by Gasteiger charge is -2.18. The molecule has 2 rings (SSSR count). The molecule has 2 N–H and O–H groups in total. The highest BCUT2D eigenvalue weighted by molar-refractivity contribution is 9.10. The van der Waals surface area contributed by atoms with E-state index in [0.717, 1.165) is 23.4 Å². The Labute approximate surface area is 116 Å². The lowest BCUT2D eigenvalue weighted by Crippen LogP contribution is -2.23. The standard InChI is InChI=1S/C14H17BrN2O/c15-14-6-13(5-4-11(14)8-17)18-9-12-3-1-2-10(12)7-16/h4-6,10,12H,1-3,7,9,16H2. The highest BCUT2D eigenvalue weighted by Crippen LogP contribution is 2.32. The lowest BCUT2D eigenvalue weighted by atomic mass is 9.97. The number of nitriles is 1. The van der Waals surface area contributed by atoms with Crippen molar-refractivity contribution >= 4 is 15.9 Å². The fraction of sp³-hybridized carbons (Fsp3) is 0.500. The predicted octanol–water partition coefficient (Wildman–Crippen LogP) is 3.07. The molecule has 0 bridgehead atoms. The van der Waals surface area contributed by atoms with Crippen molar-refractivity contribution in [1.29, 1.82) is 5.26 Å². The Bertz CT molecular complexity index is 456. The molecule has 1 aromatic carbocycles. The summed E-state index contributed by atoms with van der Waals surface area (Å²) in [5.74, 6) is 1.99. The molecule has 1 fully saturated rings. The molecule has 0 radical (unpaired) electrons. The lowest BCUT2D eigenvalue weighted by molar-refractivity contribution is 0.217. The number of halogens is 1. The topological polar surface area (TPSA) is 59.0 Å². The van der Waals surface area contributed by atoms with E-state index in [1.54, 1.807) is 6.07 Å². The van der Waals surface area contributed by atoms with Gasteiger partial charge in [0.05, 0.1) is 12.2 Å². The van der Waals surface area contributed by atoms with Crippen molar-refractivity contribution in [1.82, 2.24) is 0 Å². The Morgan fingerprint density at radius 1 is 1.39 bits per heavy atom. The maximum Gasteiger partial charge on any atom is 0.120 e. The number of nitrogens with two attached hydrogens (primary N) is 1. The third-order valence-electron chi connectivity index (χ3n) is 3.64. The van der Waals surface area contributed by atoms with Crippen molar-refractivity contribution in [2.24, 2.45) is 17.6 Å². The van der Waals surface area contributed by atoms with Gasteiger partial charge in [0.15, 0.2) is 0 Å². The SMILES string of the molecule is N#Cc1ccc(OCC2CCCC2CN)cc1Br. The van der Waals surface area contributed by atoms with Crippen LogP contribution in [0.4, 0.5) is 0 Å². The highest BCUT2D eigenvalue weighted by Gasteiger charge is 2.26. The summed E-state index contributed by atoms with van der Waals surface area (Å²) in [6.45, 7) is 1.48. The number of benzene rings is 1. The first-order valence-electron chi connectivity index (χ1n) is 6.27. The van der Waals surface area contributed by atoms with Gasteiger partial charge in [-0.1, -0.05) is 6.42 Å². The molecule has 18 heavy (non-hydrogen) atoms. The van der Waals surface area contributed by atoms with Crippen LogP contribution in [0.15, 0.2) is 22.7 Å². The Morgan fingerprint density at radius 2 is 2.17 bits per heavy atom. The van der Waals surface area contributed by atoms with E-state index >= 15 is 0 Å². The smallest absolute Gasteiger partial charge is 0.120 e. The van der Waals surface area contributed by atoms with Crippen LogP contribution in [0.5, 0.6) is 5.75 Å². The third-order valence-corrected chi connectivity index (χ3v) is 4.30. The summed E-state index contributed by atoms with van der Waals surface area (Å²) < 4.78 is 6.59. The zero-order valence-electron chi connectivity index (χ0n) is 10.2. The highest BCUT2D eigenvalue weighted by atomic mass is 79.9. The second kappa shape index (κ2) is 6.21. The third kappa shape index (κ3) is 3.04. The summed E-state index contributed by atoms with van der Waals surface area (Å²) >= 11 is 3.36. The Hall–Kier alpha value is -1.05. The summed E-state index contributed by atoms with van der Waals surface area (Å²) in [5, 5.41) is 8.84. The summed E-state index contributed by atoms with van der Waals surface area (Å²) in [6.07, 6.45) is 3.69. The van der Waals surface area contributed by atoms with Crippen LogP contribution in [-0.2, 0) is 0 Å². The zero-order valence-corrected chi connectivity index (χ0v) is 11.8. The van der Waals surface area contributed by atoms with Gasteiger partial charge >= 0.3 is 0 Å². The maximum atomic E-state index is 8.84. The molecular weight excluding hydrogens is 292 g/mol. The van der Waals surface area contributed by atoms with E-state index in [1.807, 2.05) is 12.1 Å². The molecule has 1 saturated carbocycles. The minimum absolute atomic E-state index is 0.574. The van der Waals surface area contributed by atoms with E-state index in [-0.39, 0.29) is 0 Å². The van der Waals surface area contributed by atoms with Gasteiger partial charge in [-0.15, -0.1) is 0 Å². The van der Waals surface area contributed by atoms with Gasteiger partial charge in [-0.05, 0) is 65.4 Å². The van der Waals surface area contributed by atoms with Gasteiger partial charge in [0.1, 0.15) is 11.8 Å². The van der Waals surface area contributed by atoms with E-state index in [9.17, 15) is 0 Å². The molecule has 1 aromatic rings. The summed E-state index contributed by atoms with van der Waals surface area (Å²) in [5.41, 5.74) is 6.38. The first kappa shape index (κ1) is 13.4. The predicted molar refractivity (Wildman–Crippen MR) is 74.2 cm³/mol. The van der Waals surface area contributed by atoms with Crippen molar-refractivity contribution < 1.29 is 4.74 Å². The molecule has 0 saturated heterocycles. The normalized spacial score (nSPS) is 22.7. The zero-order chi connectivity index (χ0) is 13.0. The average molecular weight is 309 g/mol. The van der Waals surface area contributed by atoms with Crippen LogP contribution in [0.1, 0.15) is 24.8 Å². The van der Waals surface area contributed by atoms with Gasteiger partial charge in [-0.3, -0.25) is 0 Å². The van der Waals surface area contributed by atoms with Crippen LogP contribution in [0.3, 0.4) is 0 Å². The molecule has 1 aliphatic carbocycles. The number of ether oxygens (including phenoxy) is 1. The van der Waals surface area contributed by atoms with Crippen LogP contribution in [0.2, 0.25) is 0 Å². The molecule has 4 heteroatoms. The van der Waals surface area contributed by atoms with Gasteiger partial charge in [0.25, 0.3) is 0 Å². The molecule has 2 unspecified atom stereocenters. The number of hydrogen-bond donors (Lipinski definition) is 1. The maximum absolute atomic E-state index is 8.84. The van der Waals surface area contributed by atoms with Gasteiger partial charge in [0.2, 0.25) is 0 Å². The minimum Gasteiger partial charge on any atom is -0.493 e. The molecule has 96 valence electrons. The number of rotatable bonds is 4. The molecule has 2 atom stereocenters. The monoisotopic (exact) mass is 308 g/mol. The van der Waals surface area contributed by atoms with Crippen molar-refractivity contribution in [3.8, 4) is 11.8 Å².